The van der Waals surface area contributed by atoms with E-state index in [1.807, 2.05) is 29.8 Å². The first-order valence-corrected chi connectivity index (χ1v) is 8.32. The van der Waals surface area contributed by atoms with E-state index in [-0.39, 0.29) is 5.95 Å². The van der Waals surface area contributed by atoms with Gasteiger partial charge in [-0.15, -0.1) is 0 Å². The molecule has 0 amide bonds. The maximum absolute atomic E-state index is 5.85. The Hall–Kier alpha value is -3.62. The van der Waals surface area contributed by atoms with Crippen LogP contribution in [-0.4, -0.2) is 32.0 Å². The molecule has 0 spiro atoms. The highest BCUT2D eigenvalue weighted by molar-refractivity contribution is 5.86. The zero-order chi connectivity index (χ0) is 18.8. The van der Waals surface area contributed by atoms with Gasteiger partial charge in [0.1, 0.15) is 28.2 Å². The van der Waals surface area contributed by atoms with E-state index in [2.05, 4.69) is 31.6 Å². The summed E-state index contributed by atoms with van der Waals surface area (Å²) >= 11 is 0. The molecule has 0 aliphatic carbocycles. The largest absolute Gasteiger partial charge is 0.496 e. The van der Waals surface area contributed by atoms with Crippen molar-refractivity contribution < 1.29 is 9.26 Å². The maximum Gasteiger partial charge on any atom is 0.222 e. The van der Waals surface area contributed by atoms with E-state index in [0.717, 1.165) is 28.3 Å². The molecule has 0 fully saturated rings. The molecule has 0 saturated carbocycles. The van der Waals surface area contributed by atoms with Crippen molar-refractivity contribution >= 4 is 22.8 Å². The molecular weight excluding hydrogens is 346 g/mol. The lowest BCUT2D eigenvalue weighted by atomic mass is 10.2. The van der Waals surface area contributed by atoms with Crippen LogP contribution in [0.4, 0.5) is 11.8 Å². The van der Waals surface area contributed by atoms with E-state index in [1.165, 1.54) is 0 Å². The van der Waals surface area contributed by atoms with Gasteiger partial charge < -0.3 is 20.3 Å². The van der Waals surface area contributed by atoms with Crippen molar-refractivity contribution in [2.75, 3.05) is 18.2 Å². The van der Waals surface area contributed by atoms with E-state index in [9.17, 15) is 0 Å². The van der Waals surface area contributed by atoms with Crippen LogP contribution in [0.15, 0.2) is 35.0 Å². The lowest BCUT2D eigenvalue weighted by Gasteiger charge is -2.11. The van der Waals surface area contributed by atoms with Crippen molar-refractivity contribution in [3.8, 4) is 5.75 Å². The summed E-state index contributed by atoms with van der Waals surface area (Å²) in [6.45, 7) is 2.78. The molecule has 27 heavy (non-hydrogen) atoms. The van der Waals surface area contributed by atoms with Gasteiger partial charge >= 0.3 is 0 Å². The topological polar surface area (TPSA) is 117 Å². The predicted octanol–water partition coefficient (Wildman–Crippen LogP) is 2.17. The molecule has 1 aromatic carbocycles. The Kier molecular flexibility index (Phi) is 4.33. The first-order chi connectivity index (χ1) is 13.1. The number of nitrogens with zero attached hydrogens (tertiary/aromatic N) is 5. The summed E-state index contributed by atoms with van der Waals surface area (Å²) in [6, 6.07) is 10.4. The number of nitrogens with one attached hydrogen (secondary N) is 1. The fourth-order valence-electron chi connectivity index (χ4n) is 2.86. The zero-order valence-electron chi connectivity index (χ0n) is 14.9. The fraction of sp³-hybridized carbons (Fsp3) is 0.222. The van der Waals surface area contributed by atoms with Gasteiger partial charge in [-0.3, -0.25) is 4.68 Å². The quantitative estimate of drug-likeness (QED) is 0.535. The summed E-state index contributed by atoms with van der Waals surface area (Å²) in [5.74, 6) is 2.24. The van der Waals surface area contributed by atoms with Crippen molar-refractivity contribution in [2.24, 2.45) is 0 Å². The van der Waals surface area contributed by atoms with Crippen LogP contribution in [0.3, 0.4) is 0 Å². The van der Waals surface area contributed by atoms with E-state index in [4.69, 9.17) is 15.0 Å². The molecule has 0 saturated heterocycles. The molecule has 4 rings (SSSR count). The van der Waals surface area contributed by atoms with E-state index in [1.54, 1.807) is 19.4 Å². The minimum Gasteiger partial charge on any atom is -0.496 e. The molecule has 3 heterocycles. The minimum atomic E-state index is 0.174. The molecule has 0 aliphatic rings. The number of aryl methyl sites for hydroxylation is 1. The van der Waals surface area contributed by atoms with Gasteiger partial charge in [0.05, 0.1) is 26.4 Å². The average Bonchev–Trinajstić information content (AvgIpc) is 3.26. The van der Waals surface area contributed by atoms with Crippen LogP contribution in [0.5, 0.6) is 5.75 Å². The van der Waals surface area contributed by atoms with Crippen LogP contribution < -0.4 is 15.8 Å². The number of nitrogens with two attached hydrogens (primary N) is 1. The Bertz CT molecular complexity index is 1090. The molecule has 0 bridgehead atoms. The van der Waals surface area contributed by atoms with Gasteiger partial charge in [0.25, 0.3) is 0 Å². The molecule has 9 nitrogen and oxygen atoms in total. The Balaban J connectivity index is 1.69. The molecule has 137 valence electrons. The number of benzene rings is 1. The summed E-state index contributed by atoms with van der Waals surface area (Å²) in [4.78, 5) is 8.61. The molecule has 0 atom stereocenters. The molecule has 9 heteroatoms. The summed E-state index contributed by atoms with van der Waals surface area (Å²) in [7, 11) is 1.63. The van der Waals surface area contributed by atoms with E-state index >= 15 is 0 Å². The van der Waals surface area contributed by atoms with E-state index < -0.39 is 0 Å². The zero-order valence-corrected chi connectivity index (χ0v) is 14.9. The number of hydrogen-bond acceptors (Lipinski definition) is 8. The number of fused-ring (bicyclic) bond motifs is 1. The Labute approximate surface area is 155 Å². The first kappa shape index (κ1) is 16.8. The summed E-state index contributed by atoms with van der Waals surface area (Å²) < 4.78 is 12.3. The number of methoxy groups -OCH3 is 1. The third-order valence-electron chi connectivity index (χ3n) is 4.07. The van der Waals surface area contributed by atoms with Gasteiger partial charge in [0.2, 0.25) is 5.95 Å². The van der Waals surface area contributed by atoms with Gasteiger partial charge in [-0.05, 0) is 19.1 Å². The Morgan fingerprint density at radius 1 is 1.37 bits per heavy atom. The van der Waals surface area contributed by atoms with Crippen LogP contribution in [0.2, 0.25) is 0 Å². The van der Waals surface area contributed by atoms with Crippen molar-refractivity contribution in [3.05, 3.63) is 53.5 Å². The van der Waals surface area contributed by atoms with Crippen LogP contribution in [0.1, 0.15) is 17.0 Å². The second kappa shape index (κ2) is 6.94. The average molecular weight is 364 g/mol. The van der Waals surface area contributed by atoms with Crippen molar-refractivity contribution in [1.29, 1.82) is 0 Å². The number of ether oxygens (including phenoxy) is 1. The molecule has 0 unspecified atom stereocenters. The number of rotatable bonds is 6. The maximum atomic E-state index is 5.85. The second-order valence-corrected chi connectivity index (χ2v) is 5.99. The molecule has 4 aromatic rings. The highest BCUT2D eigenvalue weighted by atomic mass is 16.5. The third-order valence-corrected chi connectivity index (χ3v) is 4.07. The van der Waals surface area contributed by atoms with Crippen molar-refractivity contribution in [2.45, 2.75) is 20.0 Å². The highest BCUT2D eigenvalue weighted by Crippen LogP contribution is 2.25. The van der Waals surface area contributed by atoms with Crippen LogP contribution in [0, 0.1) is 13.0 Å². The third kappa shape index (κ3) is 3.39. The van der Waals surface area contributed by atoms with Crippen molar-refractivity contribution in [3.63, 3.8) is 0 Å². The number of aromatic nitrogens is 5. The number of nitrogen functional groups attached to an aromatic ring is 1. The predicted molar refractivity (Wildman–Crippen MR) is 99.2 cm³/mol. The standard InChI is InChI=1S/C18H18N7O2/c1-11-7-13(24-27-11)8-20-17-16-14(22-18(19)23-17)9-21-25(16)10-12-5-3-4-6-15(12)26-2/h3,5-7,9H,8,10H2,1-2H3,(H3,19,20,22,23). The van der Waals surface area contributed by atoms with Crippen molar-refractivity contribution in [1.82, 2.24) is 24.9 Å². The summed E-state index contributed by atoms with van der Waals surface area (Å²) in [6.07, 6.45) is 1.67. The van der Waals surface area contributed by atoms with Crippen LogP contribution in [0.25, 0.3) is 11.0 Å². The van der Waals surface area contributed by atoms with Crippen LogP contribution in [-0.2, 0) is 13.1 Å². The number of anilines is 2. The summed E-state index contributed by atoms with van der Waals surface area (Å²) in [5, 5.41) is 11.7. The lowest BCUT2D eigenvalue weighted by Crippen LogP contribution is -2.09. The van der Waals surface area contributed by atoms with Gasteiger partial charge in [-0.2, -0.15) is 10.1 Å². The van der Waals surface area contributed by atoms with Gasteiger partial charge in [-0.25, -0.2) is 4.98 Å². The van der Waals surface area contributed by atoms with Crippen LogP contribution >= 0.6 is 0 Å². The minimum absolute atomic E-state index is 0.174. The van der Waals surface area contributed by atoms with Gasteiger partial charge in [0.15, 0.2) is 5.82 Å². The molecule has 0 aliphatic heterocycles. The smallest absolute Gasteiger partial charge is 0.222 e. The van der Waals surface area contributed by atoms with Gasteiger partial charge in [-0.1, -0.05) is 17.3 Å². The monoisotopic (exact) mass is 364 g/mol. The molecular formula is C18H18N7O2. The molecule has 3 N–H and O–H groups in total. The first-order valence-electron chi connectivity index (χ1n) is 8.32. The Morgan fingerprint density at radius 3 is 3.04 bits per heavy atom. The second-order valence-electron chi connectivity index (χ2n) is 5.99. The summed E-state index contributed by atoms with van der Waals surface area (Å²) in [5.41, 5.74) is 8.99. The highest BCUT2D eigenvalue weighted by Gasteiger charge is 2.15. The lowest BCUT2D eigenvalue weighted by molar-refractivity contribution is 0.391. The normalized spacial score (nSPS) is 11.0. The van der Waals surface area contributed by atoms with E-state index in [0.29, 0.717) is 24.4 Å². The molecule has 1 radical (unpaired) electrons. The molecule has 3 aromatic heterocycles. The SMILES string of the molecule is COc1c[c]ccc1Cn1ncc2nc(N)nc(NCc3cc(C)on3)c21. The number of hydrogen-bond donors (Lipinski definition) is 2. The Morgan fingerprint density at radius 2 is 2.26 bits per heavy atom. The fourth-order valence-corrected chi connectivity index (χ4v) is 2.86. The van der Waals surface area contributed by atoms with Gasteiger partial charge in [0, 0.05) is 11.6 Å².